The van der Waals surface area contributed by atoms with E-state index in [0.29, 0.717) is 23.4 Å². The predicted octanol–water partition coefficient (Wildman–Crippen LogP) is 4.25. The third-order valence-corrected chi connectivity index (χ3v) is 3.90. The van der Waals surface area contributed by atoms with Gasteiger partial charge in [-0.2, -0.15) is 0 Å². The Balaban J connectivity index is 1.51. The number of rotatable bonds is 6. The maximum Gasteiger partial charge on any atom is 0.276 e. The fourth-order valence-corrected chi connectivity index (χ4v) is 2.58. The summed E-state index contributed by atoms with van der Waals surface area (Å²) in [5.74, 6) is 0.516. The molecule has 3 aromatic rings. The standard InChI is InChI=1S/C16H13F2N3OS/c17-12-3-1-11(2-4-12)10-23-16-21-20-15(22-16)9-19-14-7-5-13(18)6-8-14/h1-8,19H,9-10H2. The van der Waals surface area contributed by atoms with Gasteiger partial charge in [0.15, 0.2) is 0 Å². The topological polar surface area (TPSA) is 51.0 Å². The van der Waals surface area contributed by atoms with E-state index in [4.69, 9.17) is 4.42 Å². The number of nitrogens with zero attached hydrogens (tertiary/aromatic N) is 2. The first kappa shape index (κ1) is 15.5. The van der Waals surface area contributed by atoms with Gasteiger partial charge in [-0.1, -0.05) is 23.9 Å². The quantitative estimate of drug-likeness (QED) is 0.683. The molecule has 0 bridgehead atoms. The minimum Gasteiger partial charge on any atom is -0.414 e. The van der Waals surface area contributed by atoms with Gasteiger partial charge in [0.1, 0.15) is 11.6 Å². The van der Waals surface area contributed by atoms with Crippen LogP contribution in [-0.4, -0.2) is 10.2 Å². The molecule has 0 aliphatic rings. The first-order valence-corrected chi connectivity index (χ1v) is 7.87. The van der Waals surface area contributed by atoms with Gasteiger partial charge in [-0.05, 0) is 42.0 Å². The summed E-state index contributed by atoms with van der Waals surface area (Å²) in [6.45, 7) is 0.357. The second-order valence-electron chi connectivity index (χ2n) is 4.74. The number of benzene rings is 2. The molecule has 0 fully saturated rings. The molecule has 23 heavy (non-hydrogen) atoms. The van der Waals surface area contributed by atoms with Crippen molar-refractivity contribution < 1.29 is 13.2 Å². The van der Waals surface area contributed by atoms with Gasteiger partial charge >= 0.3 is 0 Å². The Bertz CT molecular complexity index is 696. The van der Waals surface area contributed by atoms with Crippen LogP contribution in [0, 0.1) is 11.6 Å². The monoisotopic (exact) mass is 333 g/mol. The van der Waals surface area contributed by atoms with E-state index in [0.717, 1.165) is 11.3 Å². The van der Waals surface area contributed by atoms with Gasteiger partial charge in [0.25, 0.3) is 5.22 Å². The lowest BCUT2D eigenvalue weighted by molar-refractivity contribution is 0.418. The average molecular weight is 333 g/mol. The summed E-state index contributed by atoms with van der Waals surface area (Å²) in [6, 6.07) is 12.3. The Morgan fingerprint density at radius 3 is 2.26 bits per heavy atom. The van der Waals surface area contributed by atoms with Crippen molar-refractivity contribution in [2.75, 3.05) is 5.32 Å². The SMILES string of the molecule is Fc1ccc(CSc2nnc(CNc3ccc(F)cc3)o2)cc1. The van der Waals surface area contributed by atoms with Crippen LogP contribution in [0.4, 0.5) is 14.5 Å². The molecule has 3 rings (SSSR count). The lowest BCUT2D eigenvalue weighted by Crippen LogP contribution is -1.99. The lowest BCUT2D eigenvalue weighted by atomic mass is 10.2. The van der Waals surface area contributed by atoms with Crippen molar-refractivity contribution >= 4 is 17.4 Å². The largest absolute Gasteiger partial charge is 0.414 e. The molecule has 0 atom stereocenters. The summed E-state index contributed by atoms with van der Waals surface area (Å²) in [4.78, 5) is 0. The molecule has 0 saturated carbocycles. The molecule has 0 radical (unpaired) electrons. The van der Waals surface area contributed by atoms with Crippen LogP contribution in [0.2, 0.25) is 0 Å². The molecule has 1 heterocycles. The summed E-state index contributed by atoms with van der Waals surface area (Å²) < 4.78 is 31.1. The maximum atomic E-state index is 12.8. The van der Waals surface area contributed by atoms with Gasteiger partial charge in [0.05, 0.1) is 6.54 Å². The summed E-state index contributed by atoms with van der Waals surface area (Å²) in [5, 5.41) is 11.4. The number of halogens is 2. The van der Waals surface area contributed by atoms with E-state index in [-0.39, 0.29) is 11.6 Å². The van der Waals surface area contributed by atoms with Gasteiger partial charge in [-0.25, -0.2) is 8.78 Å². The predicted molar refractivity (Wildman–Crippen MR) is 84.0 cm³/mol. The molecular weight excluding hydrogens is 320 g/mol. The first-order chi connectivity index (χ1) is 11.2. The average Bonchev–Trinajstić information content (AvgIpc) is 3.02. The van der Waals surface area contributed by atoms with E-state index in [9.17, 15) is 8.78 Å². The van der Waals surface area contributed by atoms with Gasteiger partial charge in [-0.3, -0.25) is 0 Å². The van der Waals surface area contributed by atoms with Crippen molar-refractivity contribution in [3.8, 4) is 0 Å². The molecule has 0 aliphatic carbocycles. The first-order valence-electron chi connectivity index (χ1n) is 6.88. The highest BCUT2D eigenvalue weighted by molar-refractivity contribution is 7.98. The van der Waals surface area contributed by atoms with Crippen LogP contribution in [0.3, 0.4) is 0 Å². The Kier molecular flexibility index (Phi) is 4.87. The number of aromatic nitrogens is 2. The fourth-order valence-electron chi connectivity index (χ4n) is 1.84. The lowest BCUT2D eigenvalue weighted by Gasteiger charge is -2.02. The van der Waals surface area contributed by atoms with Crippen LogP contribution in [0.1, 0.15) is 11.5 Å². The van der Waals surface area contributed by atoms with Gasteiger partial charge in [0.2, 0.25) is 5.89 Å². The van der Waals surface area contributed by atoms with Crippen LogP contribution in [0.25, 0.3) is 0 Å². The van der Waals surface area contributed by atoms with E-state index < -0.39 is 0 Å². The Hall–Kier alpha value is -2.41. The zero-order valence-corrected chi connectivity index (χ0v) is 12.8. The number of hydrogen-bond acceptors (Lipinski definition) is 5. The number of hydrogen-bond donors (Lipinski definition) is 1. The minimum atomic E-state index is -0.284. The van der Waals surface area contributed by atoms with Gasteiger partial charge in [-0.15, -0.1) is 10.2 Å². The second kappa shape index (κ2) is 7.23. The van der Waals surface area contributed by atoms with Gasteiger partial charge < -0.3 is 9.73 Å². The summed E-state index contributed by atoms with van der Waals surface area (Å²) in [5.41, 5.74) is 1.74. The Morgan fingerprint density at radius 1 is 0.913 bits per heavy atom. The summed E-state index contributed by atoms with van der Waals surface area (Å²) in [7, 11) is 0. The molecule has 1 aromatic heterocycles. The molecule has 1 N–H and O–H groups in total. The van der Waals surface area contributed by atoms with Crippen molar-refractivity contribution in [3.63, 3.8) is 0 Å². The molecule has 0 saturated heterocycles. The molecular formula is C16H13F2N3OS. The van der Waals surface area contributed by atoms with Crippen LogP contribution in [0.15, 0.2) is 58.2 Å². The molecule has 0 aliphatic heterocycles. The van der Waals surface area contributed by atoms with Crippen LogP contribution < -0.4 is 5.32 Å². The van der Waals surface area contributed by atoms with E-state index in [1.54, 1.807) is 24.3 Å². The van der Waals surface area contributed by atoms with E-state index in [2.05, 4.69) is 15.5 Å². The third-order valence-electron chi connectivity index (χ3n) is 3.01. The molecule has 4 nitrogen and oxygen atoms in total. The molecule has 118 valence electrons. The molecule has 0 spiro atoms. The summed E-state index contributed by atoms with van der Waals surface area (Å²) >= 11 is 1.38. The van der Waals surface area contributed by atoms with Crippen LogP contribution >= 0.6 is 11.8 Å². The van der Waals surface area contributed by atoms with Crippen molar-refractivity contribution in [2.45, 2.75) is 17.5 Å². The molecule has 0 unspecified atom stereocenters. The minimum absolute atomic E-state index is 0.259. The highest BCUT2D eigenvalue weighted by Crippen LogP contribution is 2.22. The smallest absolute Gasteiger partial charge is 0.276 e. The Morgan fingerprint density at radius 2 is 1.57 bits per heavy atom. The highest BCUT2D eigenvalue weighted by Gasteiger charge is 2.07. The molecule has 7 heteroatoms. The van der Waals surface area contributed by atoms with Crippen molar-refractivity contribution in [3.05, 3.63) is 71.6 Å². The second-order valence-corrected chi connectivity index (χ2v) is 5.66. The maximum absolute atomic E-state index is 12.8. The van der Waals surface area contributed by atoms with Crippen LogP contribution in [0.5, 0.6) is 0 Å². The van der Waals surface area contributed by atoms with Crippen LogP contribution in [-0.2, 0) is 12.3 Å². The number of nitrogens with one attached hydrogen (secondary N) is 1. The number of anilines is 1. The highest BCUT2D eigenvalue weighted by atomic mass is 32.2. The van der Waals surface area contributed by atoms with Crippen molar-refractivity contribution in [1.29, 1.82) is 0 Å². The van der Waals surface area contributed by atoms with E-state index >= 15 is 0 Å². The summed E-state index contributed by atoms with van der Waals surface area (Å²) in [6.07, 6.45) is 0. The Labute approximate surface area is 135 Å². The molecule has 2 aromatic carbocycles. The zero-order valence-electron chi connectivity index (χ0n) is 12.0. The fraction of sp³-hybridized carbons (Fsp3) is 0.125. The normalized spacial score (nSPS) is 10.7. The van der Waals surface area contributed by atoms with Crippen molar-refractivity contribution in [1.82, 2.24) is 10.2 Å². The number of thioether (sulfide) groups is 1. The van der Waals surface area contributed by atoms with Gasteiger partial charge in [0, 0.05) is 11.4 Å². The van der Waals surface area contributed by atoms with Crippen molar-refractivity contribution in [2.24, 2.45) is 0 Å². The third kappa shape index (κ3) is 4.53. The van der Waals surface area contributed by atoms with E-state index in [1.165, 1.54) is 36.0 Å². The zero-order chi connectivity index (χ0) is 16.1. The van der Waals surface area contributed by atoms with E-state index in [1.807, 2.05) is 0 Å². The molecule has 0 amide bonds.